The zero-order valence-electron chi connectivity index (χ0n) is 11.8. The van der Waals surface area contributed by atoms with Crippen molar-refractivity contribution in [3.8, 4) is 5.75 Å². The molecule has 21 heavy (non-hydrogen) atoms. The van der Waals surface area contributed by atoms with E-state index in [1.165, 1.54) is 10.4 Å². The van der Waals surface area contributed by atoms with Gasteiger partial charge in [0.25, 0.3) is 0 Å². The summed E-state index contributed by atoms with van der Waals surface area (Å²) in [5.41, 5.74) is 1.31. The van der Waals surface area contributed by atoms with Gasteiger partial charge in [-0.05, 0) is 52.5 Å². The molecule has 0 spiro atoms. The average Bonchev–Trinajstić information content (AvgIpc) is 2.89. The zero-order chi connectivity index (χ0) is 14.8. The first-order chi connectivity index (χ1) is 10.2. The lowest BCUT2D eigenvalue weighted by molar-refractivity contribution is 0.144. The van der Waals surface area contributed by atoms with Gasteiger partial charge in [0.05, 0.1) is 5.02 Å². The Morgan fingerprint density at radius 3 is 3.10 bits per heavy atom. The summed E-state index contributed by atoms with van der Waals surface area (Å²) in [6.45, 7) is 5.24. The Labute approximate surface area is 142 Å². The minimum atomic E-state index is 0.0421. The second kappa shape index (κ2) is 6.69. The Morgan fingerprint density at radius 1 is 1.43 bits per heavy atom. The molecule has 0 saturated heterocycles. The summed E-state index contributed by atoms with van der Waals surface area (Å²) in [6.07, 6.45) is 1.15. The molecular weight excluding hydrogens is 370 g/mol. The maximum Gasteiger partial charge on any atom is 0.140 e. The third kappa shape index (κ3) is 3.29. The molecule has 1 aromatic carbocycles. The molecule has 1 aliphatic rings. The fourth-order valence-electron chi connectivity index (χ4n) is 2.64. The fourth-order valence-corrected chi connectivity index (χ4v) is 4.08. The minimum Gasteiger partial charge on any atom is -0.483 e. The highest BCUT2D eigenvalue weighted by atomic mass is 79.9. The van der Waals surface area contributed by atoms with Crippen LogP contribution in [0.25, 0.3) is 0 Å². The van der Waals surface area contributed by atoms with Crippen LogP contribution in [0.2, 0.25) is 5.02 Å². The van der Waals surface area contributed by atoms with Crippen LogP contribution in [0, 0.1) is 0 Å². The van der Waals surface area contributed by atoms with Crippen molar-refractivity contribution in [2.75, 3.05) is 19.6 Å². The van der Waals surface area contributed by atoms with E-state index in [0.29, 0.717) is 5.02 Å². The number of thiophene rings is 1. The molecule has 1 aliphatic heterocycles. The third-order valence-corrected chi connectivity index (χ3v) is 6.11. The summed E-state index contributed by atoms with van der Waals surface area (Å²) in [7, 11) is 0. The van der Waals surface area contributed by atoms with Crippen molar-refractivity contribution in [1.29, 1.82) is 0 Å². The highest BCUT2D eigenvalue weighted by Gasteiger charge is 2.25. The molecule has 2 nitrogen and oxygen atoms in total. The van der Waals surface area contributed by atoms with Crippen molar-refractivity contribution >= 4 is 38.9 Å². The largest absolute Gasteiger partial charge is 0.483 e. The van der Waals surface area contributed by atoms with E-state index in [1.807, 2.05) is 29.5 Å². The summed E-state index contributed by atoms with van der Waals surface area (Å²) in [5.74, 6) is 0.742. The summed E-state index contributed by atoms with van der Waals surface area (Å²) >= 11 is 11.6. The second-order valence-electron chi connectivity index (χ2n) is 5.10. The third-order valence-electron chi connectivity index (χ3n) is 3.84. The monoisotopic (exact) mass is 385 g/mol. The minimum absolute atomic E-state index is 0.0421. The van der Waals surface area contributed by atoms with Crippen molar-refractivity contribution in [2.24, 2.45) is 0 Å². The summed E-state index contributed by atoms with van der Waals surface area (Å²) in [6, 6.07) is 8.00. The number of benzene rings is 1. The maximum atomic E-state index is 6.34. The van der Waals surface area contributed by atoms with Gasteiger partial charge in [-0.1, -0.05) is 24.6 Å². The molecule has 0 radical (unpaired) electrons. The summed E-state index contributed by atoms with van der Waals surface area (Å²) < 4.78 is 7.14. The van der Waals surface area contributed by atoms with Gasteiger partial charge >= 0.3 is 0 Å². The van der Waals surface area contributed by atoms with E-state index >= 15 is 0 Å². The predicted molar refractivity (Wildman–Crippen MR) is 92.7 cm³/mol. The smallest absolute Gasteiger partial charge is 0.140 e. The molecule has 0 saturated carbocycles. The second-order valence-corrected chi connectivity index (χ2v) is 7.33. The Morgan fingerprint density at radius 2 is 2.29 bits per heavy atom. The lowest BCUT2D eigenvalue weighted by atomic mass is 10.1. The first-order valence-corrected chi connectivity index (χ1v) is 9.13. The van der Waals surface area contributed by atoms with Crippen LogP contribution in [0.4, 0.5) is 0 Å². The Kier molecular flexibility index (Phi) is 4.89. The van der Waals surface area contributed by atoms with Crippen molar-refractivity contribution in [1.82, 2.24) is 4.90 Å². The Bertz CT molecular complexity index is 630. The van der Waals surface area contributed by atoms with E-state index < -0.39 is 0 Å². The number of fused-ring (bicyclic) bond motifs is 1. The van der Waals surface area contributed by atoms with Gasteiger partial charge < -0.3 is 4.74 Å². The van der Waals surface area contributed by atoms with Gasteiger partial charge in [0.1, 0.15) is 11.9 Å². The molecule has 2 heterocycles. The summed E-state index contributed by atoms with van der Waals surface area (Å²) in [5, 5.41) is 2.80. The number of likely N-dealkylation sites (N-methyl/N-ethyl adjacent to an activating group) is 1. The topological polar surface area (TPSA) is 12.5 Å². The molecule has 0 amide bonds. The molecule has 2 aromatic rings. The van der Waals surface area contributed by atoms with Crippen LogP contribution in [-0.4, -0.2) is 24.5 Å². The first-order valence-electron chi connectivity index (χ1n) is 7.08. The number of rotatable bonds is 3. The molecule has 112 valence electrons. The maximum absolute atomic E-state index is 6.34. The van der Waals surface area contributed by atoms with E-state index in [2.05, 4.69) is 39.2 Å². The molecule has 0 N–H and O–H groups in total. The van der Waals surface area contributed by atoms with E-state index in [9.17, 15) is 0 Å². The van der Waals surface area contributed by atoms with Crippen LogP contribution in [-0.2, 0) is 6.42 Å². The Balaban J connectivity index is 1.90. The number of ether oxygens (including phenoxy) is 1. The molecule has 1 aromatic heterocycles. The van der Waals surface area contributed by atoms with Crippen molar-refractivity contribution in [2.45, 2.75) is 19.4 Å². The number of halogens is 2. The van der Waals surface area contributed by atoms with Gasteiger partial charge in [0.15, 0.2) is 0 Å². The lowest BCUT2D eigenvalue weighted by Gasteiger charge is -2.24. The van der Waals surface area contributed by atoms with E-state index in [4.69, 9.17) is 16.3 Å². The standard InChI is InChI=1S/C16H17BrClNOS/c1-2-19-8-6-15-11(7-9-21-15)14(10-19)20-13-5-3-4-12(17)16(13)18/h3-5,7,9,14H,2,6,8,10H2,1H3. The lowest BCUT2D eigenvalue weighted by Crippen LogP contribution is -2.30. The van der Waals surface area contributed by atoms with Crippen molar-refractivity contribution in [3.05, 3.63) is 49.6 Å². The number of nitrogens with zero attached hydrogens (tertiary/aromatic N) is 1. The van der Waals surface area contributed by atoms with Crippen LogP contribution in [0.5, 0.6) is 5.75 Å². The van der Waals surface area contributed by atoms with Gasteiger partial charge in [-0.3, -0.25) is 4.90 Å². The zero-order valence-corrected chi connectivity index (χ0v) is 15.0. The van der Waals surface area contributed by atoms with Crippen molar-refractivity contribution < 1.29 is 4.74 Å². The van der Waals surface area contributed by atoms with Gasteiger partial charge in [-0.15, -0.1) is 11.3 Å². The SMILES string of the molecule is CCN1CCc2sccc2C(Oc2cccc(Br)c2Cl)C1. The van der Waals surface area contributed by atoms with Crippen LogP contribution in [0.15, 0.2) is 34.1 Å². The first kappa shape index (κ1) is 15.3. The molecule has 3 rings (SSSR count). The van der Waals surface area contributed by atoms with Gasteiger partial charge in [-0.25, -0.2) is 0 Å². The summed E-state index contributed by atoms with van der Waals surface area (Å²) in [4.78, 5) is 3.87. The number of hydrogen-bond donors (Lipinski definition) is 0. The molecule has 0 bridgehead atoms. The van der Waals surface area contributed by atoms with Gasteiger partial charge in [0.2, 0.25) is 0 Å². The van der Waals surface area contributed by atoms with Crippen LogP contribution >= 0.6 is 38.9 Å². The normalized spacial score (nSPS) is 19.1. The van der Waals surface area contributed by atoms with Gasteiger partial charge in [0, 0.05) is 28.0 Å². The Hall–Kier alpha value is -0.550. The van der Waals surface area contributed by atoms with E-state index in [-0.39, 0.29) is 6.10 Å². The van der Waals surface area contributed by atoms with E-state index in [1.54, 1.807) is 0 Å². The molecule has 5 heteroatoms. The van der Waals surface area contributed by atoms with Crippen LogP contribution in [0.3, 0.4) is 0 Å². The van der Waals surface area contributed by atoms with Gasteiger partial charge in [-0.2, -0.15) is 0 Å². The van der Waals surface area contributed by atoms with Crippen molar-refractivity contribution in [3.63, 3.8) is 0 Å². The molecule has 0 aliphatic carbocycles. The quantitative estimate of drug-likeness (QED) is 0.722. The fraction of sp³-hybridized carbons (Fsp3) is 0.375. The molecule has 1 unspecified atom stereocenters. The van der Waals surface area contributed by atoms with Crippen LogP contribution in [0.1, 0.15) is 23.5 Å². The predicted octanol–water partition coefficient (Wildman–Crippen LogP) is 5.16. The highest BCUT2D eigenvalue weighted by molar-refractivity contribution is 9.10. The molecule has 1 atom stereocenters. The molecular formula is C16H17BrClNOS. The van der Waals surface area contributed by atoms with Crippen LogP contribution < -0.4 is 4.74 Å². The van der Waals surface area contributed by atoms with E-state index in [0.717, 1.165) is 36.3 Å². The average molecular weight is 387 g/mol. The number of hydrogen-bond acceptors (Lipinski definition) is 3. The molecule has 0 fully saturated rings. The highest BCUT2D eigenvalue weighted by Crippen LogP contribution is 2.37.